The maximum atomic E-state index is 13.6. The molecular weight excluding hydrogens is 336 g/mol. The molecule has 0 heterocycles. The molecule has 9 heteroatoms. The normalized spacial score (nSPS) is 11.3. The first kappa shape index (κ1) is 14.8. The van der Waals surface area contributed by atoms with E-state index in [1.807, 2.05) is 0 Å². The highest BCUT2D eigenvalue weighted by atomic mass is 79.9. The van der Waals surface area contributed by atoms with Crippen LogP contribution in [0.1, 0.15) is 0 Å². The Kier molecular flexibility index (Phi) is 4.28. The van der Waals surface area contributed by atoms with Crippen LogP contribution in [0.3, 0.4) is 0 Å². The quantitative estimate of drug-likeness (QED) is 0.900. The van der Waals surface area contributed by atoms with Crippen molar-refractivity contribution in [3.63, 3.8) is 0 Å². The van der Waals surface area contributed by atoms with Crippen LogP contribution in [-0.2, 0) is 14.8 Å². The maximum Gasteiger partial charge on any atom is 0.324 e. The number of hydrogen-bond donors (Lipinski definition) is 1. The summed E-state index contributed by atoms with van der Waals surface area (Å²) < 4.78 is 49.5. The molecule has 1 aromatic carbocycles. The fourth-order valence-electron chi connectivity index (χ4n) is 1.26. The second-order valence-corrected chi connectivity index (χ2v) is 6.14. The highest BCUT2D eigenvalue weighted by Gasteiger charge is 2.26. The van der Waals surface area contributed by atoms with Crippen LogP contribution in [0.2, 0.25) is 0 Å². The van der Waals surface area contributed by atoms with Crippen molar-refractivity contribution in [3.8, 4) is 0 Å². The molecule has 0 saturated heterocycles. The first-order valence-corrected chi connectivity index (χ1v) is 7.11. The van der Waals surface area contributed by atoms with E-state index in [1.165, 1.54) is 0 Å². The molecule has 1 N–H and O–H groups in total. The highest BCUT2D eigenvalue weighted by Crippen LogP contribution is 2.31. The van der Waals surface area contributed by atoms with Crippen molar-refractivity contribution in [2.24, 2.45) is 0 Å². The fourth-order valence-corrected chi connectivity index (χ4v) is 2.86. The zero-order chi connectivity index (χ0) is 14.1. The van der Waals surface area contributed by atoms with Gasteiger partial charge in [0, 0.05) is 10.5 Å². The van der Waals surface area contributed by atoms with E-state index >= 15 is 0 Å². The number of anilines is 1. The summed E-state index contributed by atoms with van der Waals surface area (Å²) in [5.74, 6) is -3.54. The number of halogens is 3. The average molecular weight is 344 g/mol. The van der Waals surface area contributed by atoms with Gasteiger partial charge in [-0.3, -0.25) is 9.10 Å². The summed E-state index contributed by atoms with van der Waals surface area (Å²) in [6.45, 7) is -0.958. The second-order valence-electron chi connectivity index (χ2n) is 3.38. The van der Waals surface area contributed by atoms with E-state index < -0.39 is 39.9 Å². The van der Waals surface area contributed by atoms with E-state index in [-0.39, 0.29) is 4.47 Å². The van der Waals surface area contributed by atoms with Crippen LogP contribution >= 0.6 is 15.9 Å². The molecule has 0 aromatic heterocycles. The molecule has 0 spiro atoms. The van der Waals surface area contributed by atoms with Crippen LogP contribution in [0.4, 0.5) is 14.5 Å². The predicted octanol–water partition coefficient (Wildman–Crippen LogP) is 1.58. The first-order chi connectivity index (χ1) is 8.12. The minimum Gasteiger partial charge on any atom is -0.480 e. The number of nitrogens with zero attached hydrogens (tertiary/aromatic N) is 1. The number of carbonyl (C=O) groups is 1. The van der Waals surface area contributed by atoms with Crippen LogP contribution < -0.4 is 4.31 Å². The van der Waals surface area contributed by atoms with E-state index in [2.05, 4.69) is 15.9 Å². The Morgan fingerprint density at radius 3 is 2.39 bits per heavy atom. The lowest BCUT2D eigenvalue weighted by Gasteiger charge is -2.22. The van der Waals surface area contributed by atoms with Gasteiger partial charge in [0.2, 0.25) is 10.0 Å². The van der Waals surface area contributed by atoms with Gasteiger partial charge in [0.05, 0.1) is 6.26 Å². The molecule has 0 aliphatic heterocycles. The average Bonchev–Trinajstić information content (AvgIpc) is 2.12. The number of hydrogen-bond acceptors (Lipinski definition) is 3. The van der Waals surface area contributed by atoms with Gasteiger partial charge in [0.25, 0.3) is 0 Å². The largest absolute Gasteiger partial charge is 0.480 e. The molecule has 0 fully saturated rings. The van der Waals surface area contributed by atoms with Gasteiger partial charge in [-0.25, -0.2) is 17.2 Å². The molecule has 0 radical (unpaired) electrons. The summed E-state index contributed by atoms with van der Waals surface area (Å²) in [6, 6.07) is 1.32. The Morgan fingerprint density at radius 1 is 1.44 bits per heavy atom. The van der Waals surface area contributed by atoms with E-state index in [0.29, 0.717) is 10.4 Å². The summed E-state index contributed by atoms with van der Waals surface area (Å²) in [5.41, 5.74) is -0.540. The highest BCUT2D eigenvalue weighted by molar-refractivity contribution is 9.10. The molecule has 1 aromatic rings. The van der Waals surface area contributed by atoms with Crippen molar-refractivity contribution >= 4 is 37.6 Å². The summed E-state index contributed by atoms with van der Waals surface area (Å²) in [5, 5.41) is 8.63. The van der Waals surface area contributed by atoms with Crippen molar-refractivity contribution < 1.29 is 27.1 Å². The summed E-state index contributed by atoms with van der Waals surface area (Å²) in [4.78, 5) is 10.6. The Labute approximate surface area is 110 Å². The van der Waals surface area contributed by atoms with Gasteiger partial charge in [-0.05, 0) is 22.0 Å². The molecule has 0 saturated carbocycles. The number of benzene rings is 1. The van der Waals surface area contributed by atoms with Gasteiger partial charge in [0.15, 0.2) is 5.82 Å². The van der Waals surface area contributed by atoms with Gasteiger partial charge in [-0.15, -0.1) is 0 Å². The summed E-state index contributed by atoms with van der Waals surface area (Å²) >= 11 is 2.80. The minimum atomic E-state index is -4.01. The Balaban J connectivity index is 3.44. The summed E-state index contributed by atoms with van der Waals surface area (Å²) in [6.07, 6.45) is 0.727. The number of sulfonamides is 1. The lowest BCUT2D eigenvalue weighted by molar-refractivity contribution is -0.135. The Hall–Kier alpha value is -1.22. The molecule has 0 amide bonds. The third kappa shape index (κ3) is 3.39. The van der Waals surface area contributed by atoms with Crippen molar-refractivity contribution in [1.82, 2.24) is 0 Å². The molecule has 100 valence electrons. The smallest absolute Gasteiger partial charge is 0.324 e. The molecule has 0 aliphatic carbocycles. The zero-order valence-corrected chi connectivity index (χ0v) is 11.4. The summed E-state index contributed by atoms with van der Waals surface area (Å²) in [7, 11) is -4.01. The van der Waals surface area contributed by atoms with Crippen molar-refractivity contribution in [1.29, 1.82) is 0 Å². The fraction of sp³-hybridized carbons (Fsp3) is 0.222. The number of carboxylic acids is 1. The standard InChI is InChI=1S/C9H8BrF2NO4S/c1-18(16,17)13(4-8(14)15)9-6(10)2-5(11)3-7(9)12/h2-3H,4H2,1H3,(H,14,15). The van der Waals surface area contributed by atoms with Crippen molar-refractivity contribution in [2.45, 2.75) is 0 Å². The van der Waals surface area contributed by atoms with Gasteiger partial charge < -0.3 is 5.11 Å². The molecule has 18 heavy (non-hydrogen) atoms. The molecule has 1 rings (SSSR count). The molecule has 0 unspecified atom stereocenters. The first-order valence-electron chi connectivity index (χ1n) is 4.47. The minimum absolute atomic E-state index is 0.188. The molecular formula is C9H8BrF2NO4S. The van der Waals surface area contributed by atoms with Crippen molar-refractivity contribution in [2.75, 3.05) is 17.1 Å². The van der Waals surface area contributed by atoms with Gasteiger partial charge >= 0.3 is 5.97 Å². The predicted molar refractivity (Wildman–Crippen MR) is 63.9 cm³/mol. The Morgan fingerprint density at radius 2 is 2.00 bits per heavy atom. The molecule has 0 atom stereocenters. The molecule has 0 bridgehead atoms. The number of rotatable bonds is 4. The van der Waals surface area contributed by atoms with Crippen LogP contribution in [0.5, 0.6) is 0 Å². The maximum absolute atomic E-state index is 13.6. The van der Waals surface area contributed by atoms with Gasteiger partial charge in [-0.1, -0.05) is 0 Å². The van der Waals surface area contributed by atoms with Gasteiger partial charge in [0.1, 0.15) is 18.0 Å². The van der Waals surface area contributed by atoms with Gasteiger partial charge in [-0.2, -0.15) is 0 Å². The number of aliphatic carboxylic acids is 1. The van der Waals surface area contributed by atoms with Crippen LogP contribution in [-0.4, -0.2) is 32.3 Å². The van der Waals surface area contributed by atoms with Crippen LogP contribution in [0, 0.1) is 11.6 Å². The zero-order valence-electron chi connectivity index (χ0n) is 9.02. The van der Waals surface area contributed by atoms with Crippen molar-refractivity contribution in [3.05, 3.63) is 28.2 Å². The van der Waals surface area contributed by atoms with E-state index in [9.17, 15) is 22.0 Å². The van der Waals surface area contributed by atoms with E-state index in [1.54, 1.807) is 0 Å². The van der Waals surface area contributed by atoms with Crippen LogP contribution in [0.15, 0.2) is 16.6 Å². The monoisotopic (exact) mass is 343 g/mol. The lowest BCUT2D eigenvalue weighted by atomic mass is 10.3. The third-order valence-electron chi connectivity index (χ3n) is 1.91. The third-order valence-corrected chi connectivity index (χ3v) is 3.63. The topological polar surface area (TPSA) is 74.7 Å². The SMILES string of the molecule is CS(=O)(=O)N(CC(=O)O)c1c(F)cc(F)cc1Br. The molecule has 5 nitrogen and oxygen atoms in total. The second kappa shape index (κ2) is 5.19. The number of carboxylic acid groups (broad SMARTS) is 1. The van der Waals surface area contributed by atoms with Crippen LogP contribution in [0.25, 0.3) is 0 Å². The van der Waals surface area contributed by atoms with E-state index in [4.69, 9.17) is 5.11 Å². The molecule has 0 aliphatic rings. The lowest BCUT2D eigenvalue weighted by Crippen LogP contribution is -2.35. The van der Waals surface area contributed by atoms with E-state index in [0.717, 1.165) is 12.3 Å². The Bertz CT molecular complexity index is 567.